The Morgan fingerprint density at radius 2 is 1.63 bits per heavy atom. The van der Waals surface area contributed by atoms with E-state index in [1.807, 2.05) is 19.9 Å². The Labute approximate surface area is 172 Å². The molecule has 2 aromatic carbocycles. The van der Waals surface area contributed by atoms with Crippen LogP contribution in [0.1, 0.15) is 24.5 Å². The lowest BCUT2D eigenvalue weighted by Crippen LogP contribution is -2.33. The van der Waals surface area contributed by atoms with E-state index in [1.165, 1.54) is 4.90 Å². The highest BCUT2D eigenvalue weighted by atomic mass is 35.5. The zero-order valence-electron chi connectivity index (χ0n) is 14.8. The van der Waals surface area contributed by atoms with Crippen molar-refractivity contribution in [1.29, 1.82) is 0 Å². The van der Waals surface area contributed by atoms with Gasteiger partial charge in [0.2, 0.25) is 0 Å². The predicted molar refractivity (Wildman–Crippen MR) is 110 cm³/mol. The first-order valence-corrected chi connectivity index (χ1v) is 9.56. The number of anilines is 1. The summed E-state index contributed by atoms with van der Waals surface area (Å²) in [5, 5.41) is 4.38. The molecule has 1 N–H and O–H groups in total. The van der Waals surface area contributed by atoms with Crippen molar-refractivity contribution in [3.8, 4) is 0 Å². The van der Waals surface area contributed by atoms with E-state index >= 15 is 0 Å². The van der Waals surface area contributed by atoms with Crippen LogP contribution in [0.15, 0.2) is 42.1 Å². The molecule has 2 amide bonds. The maximum Gasteiger partial charge on any atom is 0.278 e. The number of aryl methyl sites for hydroxylation is 1. The molecule has 0 bridgehead atoms. The summed E-state index contributed by atoms with van der Waals surface area (Å²) in [6, 6.07) is 10.1. The Bertz CT molecular complexity index is 970. The summed E-state index contributed by atoms with van der Waals surface area (Å²) < 4.78 is 0. The van der Waals surface area contributed by atoms with Crippen LogP contribution in [-0.2, 0) is 9.59 Å². The van der Waals surface area contributed by atoms with Crippen molar-refractivity contribution >= 4 is 57.9 Å². The van der Waals surface area contributed by atoms with E-state index in [1.54, 1.807) is 30.3 Å². The zero-order valence-corrected chi connectivity index (χ0v) is 17.0. The molecule has 1 aliphatic rings. The molecule has 0 spiro atoms. The minimum absolute atomic E-state index is 0.183. The topological polar surface area (TPSA) is 49.4 Å². The number of hydrogen-bond donors (Lipinski definition) is 1. The van der Waals surface area contributed by atoms with Crippen LogP contribution < -0.4 is 5.32 Å². The van der Waals surface area contributed by atoms with Gasteiger partial charge >= 0.3 is 0 Å². The number of imide groups is 1. The summed E-state index contributed by atoms with van der Waals surface area (Å²) in [5.41, 5.74) is 2.42. The van der Waals surface area contributed by atoms with Gasteiger partial charge in [-0.1, -0.05) is 53.9 Å². The zero-order chi connectivity index (χ0) is 19.7. The molecule has 0 fully saturated rings. The average Bonchev–Trinajstić information content (AvgIpc) is 2.83. The molecule has 0 unspecified atom stereocenters. The second-order valence-corrected chi connectivity index (χ2v) is 7.50. The van der Waals surface area contributed by atoms with Crippen molar-refractivity contribution in [2.24, 2.45) is 0 Å². The molecule has 0 atom stereocenters. The SMILES string of the molecule is CCCN1C(=O)C(Nc2cc(Cl)ccc2C)=C(c2ccc(Cl)cc2Cl)C1=O. The van der Waals surface area contributed by atoms with E-state index in [0.717, 1.165) is 5.56 Å². The lowest BCUT2D eigenvalue weighted by atomic mass is 10.0. The number of benzene rings is 2. The normalized spacial score (nSPS) is 14.3. The van der Waals surface area contributed by atoms with E-state index in [9.17, 15) is 9.59 Å². The lowest BCUT2D eigenvalue weighted by molar-refractivity contribution is -0.136. The van der Waals surface area contributed by atoms with Gasteiger partial charge in [-0.05, 0) is 43.2 Å². The van der Waals surface area contributed by atoms with E-state index < -0.39 is 0 Å². The Morgan fingerprint density at radius 3 is 2.30 bits per heavy atom. The quantitative estimate of drug-likeness (QED) is 0.641. The third-order valence-electron chi connectivity index (χ3n) is 4.28. The van der Waals surface area contributed by atoms with Gasteiger partial charge in [-0.15, -0.1) is 0 Å². The molecule has 0 saturated carbocycles. The molecule has 1 heterocycles. The highest BCUT2D eigenvalue weighted by molar-refractivity contribution is 6.41. The van der Waals surface area contributed by atoms with Gasteiger partial charge < -0.3 is 5.32 Å². The molecule has 0 aliphatic carbocycles. The summed E-state index contributed by atoms with van der Waals surface area (Å²) in [7, 11) is 0. The molecule has 2 aromatic rings. The van der Waals surface area contributed by atoms with E-state index in [2.05, 4.69) is 5.32 Å². The molecule has 1 aliphatic heterocycles. The van der Waals surface area contributed by atoms with Crippen molar-refractivity contribution in [2.45, 2.75) is 20.3 Å². The van der Waals surface area contributed by atoms with Crippen LogP contribution in [0, 0.1) is 6.92 Å². The lowest BCUT2D eigenvalue weighted by Gasteiger charge is -2.14. The average molecular weight is 424 g/mol. The fourth-order valence-corrected chi connectivity index (χ4v) is 3.60. The largest absolute Gasteiger partial charge is 0.350 e. The number of nitrogens with one attached hydrogen (secondary N) is 1. The minimum atomic E-state index is -0.387. The van der Waals surface area contributed by atoms with Gasteiger partial charge in [-0.3, -0.25) is 14.5 Å². The first-order valence-electron chi connectivity index (χ1n) is 8.42. The number of carbonyl (C=O) groups is 2. The Hall–Kier alpha value is -2.01. The number of carbonyl (C=O) groups excluding carboxylic acids is 2. The first-order chi connectivity index (χ1) is 12.8. The van der Waals surface area contributed by atoms with Gasteiger partial charge in [0.25, 0.3) is 11.8 Å². The molecular formula is C20H17Cl3N2O2. The maximum absolute atomic E-state index is 13.0. The summed E-state index contributed by atoms with van der Waals surface area (Å²) in [4.78, 5) is 27.2. The smallest absolute Gasteiger partial charge is 0.278 e. The van der Waals surface area contributed by atoms with Gasteiger partial charge in [0.15, 0.2) is 0 Å². The molecule has 0 saturated heterocycles. The standard InChI is InChI=1S/C20H17Cl3N2O2/c1-3-8-25-19(26)17(14-7-6-12(21)9-15(14)23)18(20(25)27)24-16-10-13(22)5-4-11(16)2/h4-7,9-10,24H,3,8H2,1-2H3. The molecule has 27 heavy (non-hydrogen) atoms. The monoisotopic (exact) mass is 422 g/mol. The maximum atomic E-state index is 13.0. The van der Waals surface area contributed by atoms with Crippen LogP contribution in [0.3, 0.4) is 0 Å². The van der Waals surface area contributed by atoms with Crippen LogP contribution in [-0.4, -0.2) is 23.3 Å². The second kappa shape index (κ2) is 7.93. The van der Waals surface area contributed by atoms with Crippen LogP contribution in [0.5, 0.6) is 0 Å². The van der Waals surface area contributed by atoms with Crippen molar-refractivity contribution in [3.05, 3.63) is 68.3 Å². The van der Waals surface area contributed by atoms with Crippen molar-refractivity contribution in [2.75, 3.05) is 11.9 Å². The first kappa shape index (κ1) is 19.7. The van der Waals surface area contributed by atoms with Gasteiger partial charge in [-0.2, -0.15) is 0 Å². The number of amides is 2. The van der Waals surface area contributed by atoms with Crippen LogP contribution >= 0.6 is 34.8 Å². The van der Waals surface area contributed by atoms with Crippen molar-refractivity contribution < 1.29 is 9.59 Å². The van der Waals surface area contributed by atoms with Crippen LogP contribution in [0.4, 0.5) is 5.69 Å². The molecule has 7 heteroatoms. The molecule has 4 nitrogen and oxygen atoms in total. The highest BCUT2D eigenvalue weighted by Crippen LogP contribution is 2.36. The summed E-state index contributed by atoms with van der Waals surface area (Å²) in [5.74, 6) is -0.768. The highest BCUT2D eigenvalue weighted by Gasteiger charge is 2.39. The van der Waals surface area contributed by atoms with E-state index in [4.69, 9.17) is 34.8 Å². The van der Waals surface area contributed by atoms with Crippen LogP contribution in [0.25, 0.3) is 5.57 Å². The van der Waals surface area contributed by atoms with Gasteiger partial charge in [0.05, 0.1) is 10.6 Å². The Morgan fingerprint density at radius 1 is 0.963 bits per heavy atom. The number of nitrogens with zero attached hydrogens (tertiary/aromatic N) is 1. The summed E-state index contributed by atoms with van der Waals surface area (Å²) in [6.45, 7) is 4.12. The van der Waals surface area contributed by atoms with Gasteiger partial charge in [-0.25, -0.2) is 0 Å². The number of hydrogen-bond acceptors (Lipinski definition) is 3. The fraction of sp³-hybridized carbons (Fsp3) is 0.200. The van der Waals surface area contributed by atoms with E-state index in [0.29, 0.717) is 39.3 Å². The number of halogens is 3. The van der Waals surface area contributed by atoms with E-state index in [-0.39, 0.29) is 23.1 Å². The van der Waals surface area contributed by atoms with Gasteiger partial charge in [0, 0.05) is 27.8 Å². The Kier molecular flexibility index (Phi) is 5.80. The van der Waals surface area contributed by atoms with Crippen molar-refractivity contribution in [3.63, 3.8) is 0 Å². The molecule has 0 radical (unpaired) electrons. The minimum Gasteiger partial charge on any atom is -0.350 e. The van der Waals surface area contributed by atoms with Crippen LogP contribution in [0.2, 0.25) is 15.1 Å². The third kappa shape index (κ3) is 3.84. The molecule has 140 valence electrons. The molecule has 3 rings (SSSR count). The predicted octanol–water partition coefficient (Wildman–Crippen LogP) is 5.56. The van der Waals surface area contributed by atoms with Crippen molar-refractivity contribution in [1.82, 2.24) is 4.90 Å². The van der Waals surface area contributed by atoms with Gasteiger partial charge in [0.1, 0.15) is 5.70 Å². The number of rotatable bonds is 5. The second-order valence-electron chi connectivity index (χ2n) is 6.22. The summed E-state index contributed by atoms with van der Waals surface area (Å²) >= 11 is 18.4. The summed E-state index contributed by atoms with van der Waals surface area (Å²) in [6.07, 6.45) is 0.655. The molecular weight excluding hydrogens is 407 g/mol. The fourth-order valence-electron chi connectivity index (χ4n) is 2.92. The third-order valence-corrected chi connectivity index (χ3v) is 5.06. The Balaban J connectivity index is 2.15. The molecule has 0 aromatic heterocycles.